The molecular formula is C19H26F3N3O2. The van der Waals surface area contributed by atoms with E-state index < -0.39 is 11.7 Å². The van der Waals surface area contributed by atoms with Gasteiger partial charge in [-0.05, 0) is 18.2 Å². The van der Waals surface area contributed by atoms with Gasteiger partial charge in [0.1, 0.15) is 0 Å². The number of halogens is 3. The molecule has 1 aromatic rings. The van der Waals surface area contributed by atoms with Crippen LogP contribution in [0.15, 0.2) is 24.3 Å². The maximum atomic E-state index is 12.9. The summed E-state index contributed by atoms with van der Waals surface area (Å²) in [6.07, 6.45) is -4.34. The summed E-state index contributed by atoms with van der Waals surface area (Å²) >= 11 is 0. The van der Waals surface area contributed by atoms with Crippen LogP contribution >= 0.6 is 0 Å². The van der Waals surface area contributed by atoms with Crippen molar-refractivity contribution in [1.29, 1.82) is 0 Å². The van der Waals surface area contributed by atoms with Crippen molar-refractivity contribution in [3.8, 4) is 0 Å². The Labute approximate surface area is 157 Å². The van der Waals surface area contributed by atoms with Crippen molar-refractivity contribution in [3.05, 3.63) is 29.8 Å². The van der Waals surface area contributed by atoms with Crippen molar-refractivity contribution >= 4 is 11.6 Å². The topological polar surface area (TPSA) is 36.0 Å². The molecule has 1 aromatic carbocycles. The van der Waals surface area contributed by atoms with Gasteiger partial charge in [0.05, 0.1) is 18.8 Å². The largest absolute Gasteiger partial charge is 0.416 e. The van der Waals surface area contributed by atoms with Crippen LogP contribution < -0.4 is 4.90 Å². The molecule has 0 saturated carbocycles. The van der Waals surface area contributed by atoms with Crippen molar-refractivity contribution in [1.82, 2.24) is 9.80 Å². The second-order valence-corrected chi connectivity index (χ2v) is 7.17. The summed E-state index contributed by atoms with van der Waals surface area (Å²) in [7, 11) is 0. The Morgan fingerprint density at radius 1 is 1.11 bits per heavy atom. The van der Waals surface area contributed by atoms with Gasteiger partial charge in [0.15, 0.2) is 0 Å². The van der Waals surface area contributed by atoms with E-state index in [9.17, 15) is 18.0 Å². The molecule has 2 heterocycles. The molecule has 2 fully saturated rings. The molecule has 1 amide bonds. The SMILES string of the molecule is CC(CN1CCOCC1)C(=O)N1CCN(c2cccc(C(F)(F)F)c2)CC1. The van der Waals surface area contributed by atoms with Crippen molar-refractivity contribution in [2.45, 2.75) is 13.1 Å². The van der Waals surface area contributed by atoms with E-state index in [-0.39, 0.29) is 11.8 Å². The molecule has 2 saturated heterocycles. The van der Waals surface area contributed by atoms with Crippen LogP contribution in [0.4, 0.5) is 18.9 Å². The smallest absolute Gasteiger partial charge is 0.379 e. The van der Waals surface area contributed by atoms with E-state index in [2.05, 4.69) is 4.90 Å². The van der Waals surface area contributed by atoms with Gasteiger partial charge in [-0.15, -0.1) is 0 Å². The molecule has 0 spiro atoms. The molecule has 1 unspecified atom stereocenters. The lowest BCUT2D eigenvalue weighted by molar-refractivity contribution is -0.137. The van der Waals surface area contributed by atoms with Crippen LogP contribution in [0.5, 0.6) is 0 Å². The van der Waals surface area contributed by atoms with E-state index in [4.69, 9.17) is 4.74 Å². The molecule has 5 nitrogen and oxygen atoms in total. The van der Waals surface area contributed by atoms with Crippen molar-refractivity contribution < 1.29 is 22.7 Å². The summed E-state index contributed by atoms with van der Waals surface area (Å²) in [6.45, 7) is 7.90. The molecule has 150 valence electrons. The number of benzene rings is 1. The second-order valence-electron chi connectivity index (χ2n) is 7.17. The first-order valence-electron chi connectivity index (χ1n) is 9.35. The van der Waals surface area contributed by atoms with Crippen LogP contribution in [0.1, 0.15) is 12.5 Å². The number of amides is 1. The van der Waals surface area contributed by atoms with Crippen LogP contribution in [0.2, 0.25) is 0 Å². The Morgan fingerprint density at radius 3 is 2.41 bits per heavy atom. The third-order valence-electron chi connectivity index (χ3n) is 5.19. The summed E-state index contributed by atoms with van der Waals surface area (Å²) in [5.74, 6) is 0.0217. The van der Waals surface area contributed by atoms with Crippen LogP contribution in [0, 0.1) is 5.92 Å². The standard InChI is InChI=1S/C19H26F3N3O2/c1-15(14-23-9-11-27-12-10-23)18(26)25-7-5-24(6-8-25)17-4-2-3-16(13-17)19(20,21)22/h2-4,13,15H,5-12,14H2,1H3. The lowest BCUT2D eigenvalue weighted by atomic mass is 10.1. The third kappa shape index (κ3) is 5.13. The third-order valence-corrected chi connectivity index (χ3v) is 5.19. The fourth-order valence-corrected chi connectivity index (χ4v) is 3.62. The maximum absolute atomic E-state index is 12.9. The normalized spacial score (nSPS) is 20.6. The monoisotopic (exact) mass is 385 g/mol. The zero-order valence-electron chi connectivity index (χ0n) is 15.5. The second kappa shape index (κ2) is 8.48. The maximum Gasteiger partial charge on any atom is 0.416 e. The van der Waals surface area contributed by atoms with E-state index >= 15 is 0 Å². The average Bonchev–Trinajstić information content (AvgIpc) is 2.68. The van der Waals surface area contributed by atoms with Crippen molar-refractivity contribution in [2.75, 3.05) is 63.9 Å². The van der Waals surface area contributed by atoms with Crippen LogP contribution in [-0.2, 0) is 15.7 Å². The minimum atomic E-state index is -4.34. The van der Waals surface area contributed by atoms with Gasteiger partial charge < -0.3 is 14.5 Å². The Balaban J connectivity index is 1.53. The summed E-state index contributed by atoms with van der Waals surface area (Å²) in [5, 5.41) is 0. The summed E-state index contributed by atoms with van der Waals surface area (Å²) < 4.78 is 44.0. The number of nitrogens with zero attached hydrogens (tertiary/aromatic N) is 3. The number of hydrogen-bond donors (Lipinski definition) is 0. The highest BCUT2D eigenvalue weighted by Gasteiger charge is 2.31. The van der Waals surface area contributed by atoms with Gasteiger partial charge in [0, 0.05) is 57.4 Å². The number of alkyl halides is 3. The molecule has 2 aliphatic heterocycles. The van der Waals surface area contributed by atoms with E-state index in [1.54, 1.807) is 6.07 Å². The molecule has 27 heavy (non-hydrogen) atoms. The minimum Gasteiger partial charge on any atom is -0.379 e. The molecule has 0 radical (unpaired) electrons. The molecule has 0 bridgehead atoms. The van der Waals surface area contributed by atoms with Gasteiger partial charge in [-0.2, -0.15) is 13.2 Å². The molecule has 0 N–H and O–H groups in total. The van der Waals surface area contributed by atoms with Gasteiger partial charge >= 0.3 is 6.18 Å². The number of ether oxygens (including phenoxy) is 1. The Bertz CT molecular complexity index is 639. The van der Waals surface area contributed by atoms with Crippen molar-refractivity contribution in [2.24, 2.45) is 5.92 Å². The lowest BCUT2D eigenvalue weighted by Gasteiger charge is -2.38. The first-order chi connectivity index (χ1) is 12.8. The number of carbonyl (C=O) groups excluding carboxylic acids is 1. The fourth-order valence-electron chi connectivity index (χ4n) is 3.62. The summed E-state index contributed by atoms with van der Waals surface area (Å²) in [5.41, 5.74) is -0.0871. The number of rotatable bonds is 4. The average molecular weight is 385 g/mol. The highest BCUT2D eigenvalue weighted by atomic mass is 19.4. The van der Waals surface area contributed by atoms with E-state index in [1.807, 2.05) is 16.7 Å². The first-order valence-corrected chi connectivity index (χ1v) is 9.35. The zero-order valence-corrected chi connectivity index (χ0v) is 15.5. The number of morpholine rings is 1. The van der Waals surface area contributed by atoms with Crippen LogP contribution in [0.3, 0.4) is 0 Å². The number of carbonyl (C=O) groups is 1. The van der Waals surface area contributed by atoms with E-state index in [0.717, 1.165) is 25.7 Å². The van der Waals surface area contributed by atoms with E-state index in [0.29, 0.717) is 45.1 Å². The Hall–Kier alpha value is -1.80. The molecular weight excluding hydrogens is 359 g/mol. The zero-order chi connectivity index (χ0) is 19.4. The van der Waals surface area contributed by atoms with Gasteiger partial charge in [0.2, 0.25) is 5.91 Å². The number of anilines is 1. The quantitative estimate of drug-likeness (QED) is 0.797. The van der Waals surface area contributed by atoms with Gasteiger partial charge in [-0.3, -0.25) is 9.69 Å². The summed E-state index contributed by atoms with van der Waals surface area (Å²) in [4.78, 5) is 18.7. The number of hydrogen-bond acceptors (Lipinski definition) is 4. The van der Waals surface area contributed by atoms with E-state index in [1.165, 1.54) is 12.1 Å². The summed E-state index contributed by atoms with van der Waals surface area (Å²) in [6, 6.07) is 5.38. The molecule has 0 aliphatic carbocycles. The highest BCUT2D eigenvalue weighted by molar-refractivity contribution is 5.79. The lowest BCUT2D eigenvalue weighted by Crippen LogP contribution is -2.51. The minimum absolute atomic E-state index is 0.0943. The Morgan fingerprint density at radius 2 is 1.78 bits per heavy atom. The molecule has 0 aromatic heterocycles. The van der Waals surface area contributed by atoms with Gasteiger partial charge in [-0.1, -0.05) is 13.0 Å². The highest BCUT2D eigenvalue weighted by Crippen LogP contribution is 2.31. The molecule has 3 rings (SSSR count). The van der Waals surface area contributed by atoms with Crippen LogP contribution in [-0.4, -0.2) is 74.7 Å². The predicted octanol–water partition coefficient (Wildman–Crippen LogP) is 2.32. The van der Waals surface area contributed by atoms with Gasteiger partial charge in [0.25, 0.3) is 0 Å². The molecule has 8 heteroatoms. The fraction of sp³-hybridized carbons (Fsp3) is 0.632. The number of piperazine rings is 1. The Kier molecular flexibility index (Phi) is 6.26. The van der Waals surface area contributed by atoms with Crippen molar-refractivity contribution in [3.63, 3.8) is 0 Å². The first kappa shape index (κ1) is 19.9. The molecule has 1 atom stereocenters. The molecule has 2 aliphatic rings. The van der Waals surface area contributed by atoms with Crippen LogP contribution in [0.25, 0.3) is 0 Å². The van der Waals surface area contributed by atoms with Gasteiger partial charge in [-0.25, -0.2) is 0 Å². The predicted molar refractivity (Wildman–Crippen MR) is 96.7 cm³/mol.